The van der Waals surface area contributed by atoms with Crippen LogP contribution >= 0.6 is 0 Å². The van der Waals surface area contributed by atoms with E-state index in [1.807, 2.05) is 55.5 Å². The molecule has 0 aliphatic heterocycles. The van der Waals surface area contributed by atoms with E-state index in [4.69, 9.17) is 4.74 Å². The van der Waals surface area contributed by atoms with Gasteiger partial charge in [-0.05, 0) is 25.1 Å². The molecule has 2 aromatic carbocycles. The number of rotatable bonds is 6. The van der Waals surface area contributed by atoms with Crippen LogP contribution in [0, 0.1) is 6.92 Å². The normalized spacial score (nSPS) is 10.6. The lowest BCUT2D eigenvalue weighted by Crippen LogP contribution is -2.28. The Morgan fingerprint density at radius 1 is 1.17 bits per heavy atom. The topological polar surface area (TPSA) is 51.1 Å². The summed E-state index contributed by atoms with van der Waals surface area (Å²) < 4.78 is 5.80. The highest BCUT2D eigenvalue weighted by Crippen LogP contribution is 2.21. The number of hydrogen-bond acceptors (Lipinski definition) is 4. The van der Waals surface area contributed by atoms with Crippen LogP contribution in [0.3, 0.4) is 0 Å². The lowest BCUT2D eigenvalue weighted by atomic mass is 10.1. The molecule has 0 bridgehead atoms. The van der Waals surface area contributed by atoms with E-state index in [9.17, 15) is 4.79 Å². The number of benzene rings is 2. The summed E-state index contributed by atoms with van der Waals surface area (Å²) in [6, 6.07) is 15.4. The molecule has 0 saturated heterocycles. The van der Waals surface area contributed by atoms with Gasteiger partial charge in [0.05, 0.1) is 5.69 Å². The van der Waals surface area contributed by atoms with Crippen molar-refractivity contribution in [3.63, 3.8) is 0 Å². The molecule has 120 valence electrons. The first kappa shape index (κ1) is 16.5. The molecule has 5 heteroatoms. The fraction of sp³-hybridized carbons (Fsp3) is 0.222. The molecule has 0 N–H and O–H groups in total. The Morgan fingerprint density at radius 2 is 1.87 bits per heavy atom. The van der Waals surface area contributed by atoms with E-state index in [1.54, 1.807) is 7.05 Å². The Morgan fingerprint density at radius 3 is 2.57 bits per heavy atom. The van der Waals surface area contributed by atoms with Gasteiger partial charge in [0.15, 0.2) is 0 Å². The van der Waals surface area contributed by atoms with Crippen molar-refractivity contribution >= 4 is 17.8 Å². The standard InChI is InChI=1S/C18H20N2O3/c1-14-8-10-16(11-9-14)23-13-15-6-4-5-7-17(15)20(2)18(21)12-19-22-3/h4-12H,13H2,1-3H3. The third kappa shape index (κ3) is 4.57. The lowest BCUT2D eigenvalue weighted by Gasteiger charge is -2.19. The van der Waals surface area contributed by atoms with Crippen LogP contribution in [0.2, 0.25) is 0 Å². The summed E-state index contributed by atoms with van der Waals surface area (Å²) in [4.78, 5) is 18.1. The number of aryl methyl sites for hydroxylation is 1. The van der Waals surface area contributed by atoms with E-state index >= 15 is 0 Å². The van der Waals surface area contributed by atoms with Crippen LogP contribution in [0.25, 0.3) is 0 Å². The van der Waals surface area contributed by atoms with Crippen molar-refractivity contribution in [3.05, 3.63) is 59.7 Å². The van der Waals surface area contributed by atoms with Crippen molar-refractivity contribution < 1.29 is 14.4 Å². The molecule has 23 heavy (non-hydrogen) atoms. The van der Waals surface area contributed by atoms with Crippen molar-refractivity contribution in [2.45, 2.75) is 13.5 Å². The van der Waals surface area contributed by atoms with Gasteiger partial charge >= 0.3 is 0 Å². The summed E-state index contributed by atoms with van der Waals surface area (Å²) >= 11 is 0. The van der Waals surface area contributed by atoms with Gasteiger partial charge in [-0.1, -0.05) is 41.1 Å². The quantitative estimate of drug-likeness (QED) is 0.608. The Kier molecular flexibility index (Phi) is 5.74. The van der Waals surface area contributed by atoms with Crippen LogP contribution in [-0.2, 0) is 16.2 Å². The zero-order valence-electron chi connectivity index (χ0n) is 13.5. The smallest absolute Gasteiger partial charge is 0.272 e. The Balaban J connectivity index is 2.12. The highest BCUT2D eigenvalue weighted by Gasteiger charge is 2.13. The van der Waals surface area contributed by atoms with Gasteiger partial charge in [0.2, 0.25) is 0 Å². The number of ether oxygens (including phenoxy) is 1. The molecule has 2 rings (SSSR count). The van der Waals surface area contributed by atoms with Gasteiger partial charge in [-0.25, -0.2) is 0 Å². The maximum Gasteiger partial charge on any atom is 0.272 e. The summed E-state index contributed by atoms with van der Waals surface area (Å²) in [5.74, 6) is 0.523. The number of oxime groups is 1. The maximum absolute atomic E-state index is 12.0. The first-order chi connectivity index (χ1) is 11.1. The van der Waals surface area contributed by atoms with Crippen molar-refractivity contribution in [1.82, 2.24) is 0 Å². The first-order valence-corrected chi connectivity index (χ1v) is 7.23. The molecule has 0 aromatic heterocycles. The van der Waals surface area contributed by atoms with Gasteiger partial charge in [-0.2, -0.15) is 0 Å². The van der Waals surface area contributed by atoms with Crippen LogP contribution in [0.15, 0.2) is 53.7 Å². The predicted octanol–water partition coefficient (Wildman–Crippen LogP) is 3.17. The fourth-order valence-electron chi connectivity index (χ4n) is 2.06. The van der Waals surface area contributed by atoms with Crippen LogP contribution < -0.4 is 9.64 Å². The largest absolute Gasteiger partial charge is 0.489 e. The minimum atomic E-state index is -0.269. The fourth-order valence-corrected chi connectivity index (χ4v) is 2.06. The monoisotopic (exact) mass is 312 g/mol. The van der Waals surface area contributed by atoms with Gasteiger partial charge in [-0.3, -0.25) is 4.79 Å². The number of amides is 1. The lowest BCUT2D eigenvalue weighted by molar-refractivity contribution is -0.112. The van der Waals surface area contributed by atoms with E-state index in [2.05, 4.69) is 9.99 Å². The minimum Gasteiger partial charge on any atom is -0.489 e. The van der Waals surface area contributed by atoms with E-state index in [1.165, 1.54) is 17.6 Å². The van der Waals surface area contributed by atoms with Crippen LogP contribution in [0.1, 0.15) is 11.1 Å². The summed E-state index contributed by atoms with van der Waals surface area (Å²) in [5, 5.41) is 3.50. The molecule has 2 aromatic rings. The number of nitrogens with zero attached hydrogens (tertiary/aromatic N) is 2. The van der Waals surface area contributed by atoms with E-state index in [0.717, 1.165) is 23.2 Å². The number of para-hydroxylation sites is 1. The molecular formula is C18H20N2O3. The molecule has 0 saturated carbocycles. The van der Waals surface area contributed by atoms with Crippen LogP contribution in [-0.4, -0.2) is 26.3 Å². The summed E-state index contributed by atoms with van der Waals surface area (Å²) in [6.45, 7) is 2.40. The minimum absolute atomic E-state index is 0.269. The molecule has 0 atom stereocenters. The predicted molar refractivity (Wildman–Crippen MR) is 90.9 cm³/mol. The number of anilines is 1. The Hall–Kier alpha value is -2.82. The zero-order valence-corrected chi connectivity index (χ0v) is 13.5. The number of hydrogen-bond donors (Lipinski definition) is 0. The SMILES string of the molecule is CON=CC(=O)N(C)c1ccccc1COc1ccc(C)cc1. The van der Waals surface area contributed by atoms with Gasteiger partial charge in [-0.15, -0.1) is 0 Å². The van der Waals surface area contributed by atoms with Crippen molar-refractivity contribution in [1.29, 1.82) is 0 Å². The van der Waals surface area contributed by atoms with Crippen molar-refractivity contribution in [2.75, 3.05) is 19.1 Å². The van der Waals surface area contributed by atoms with Gasteiger partial charge in [0.1, 0.15) is 25.7 Å². The first-order valence-electron chi connectivity index (χ1n) is 7.23. The third-order valence-electron chi connectivity index (χ3n) is 3.37. The number of carbonyl (C=O) groups excluding carboxylic acids is 1. The maximum atomic E-state index is 12.0. The molecular weight excluding hydrogens is 292 g/mol. The van der Waals surface area contributed by atoms with Gasteiger partial charge < -0.3 is 14.5 Å². The highest BCUT2D eigenvalue weighted by molar-refractivity contribution is 6.32. The summed E-state index contributed by atoms with van der Waals surface area (Å²) in [6.07, 6.45) is 1.14. The molecule has 0 aliphatic rings. The second-order valence-corrected chi connectivity index (χ2v) is 5.04. The van der Waals surface area contributed by atoms with Gasteiger partial charge in [0, 0.05) is 12.6 Å². The summed E-state index contributed by atoms with van der Waals surface area (Å²) in [5.41, 5.74) is 2.86. The molecule has 0 heterocycles. The van der Waals surface area contributed by atoms with E-state index < -0.39 is 0 Å². The molecule has 0 unspecified atom stereocenters. The van der Waals surface area contributed by atoms with E-state index in [0.29, 0.717) is 6.61 Å². The third-order valence-corrected chi connectivity index (χ3v) is 3.37. The van der Waals surface area contributed by atoms with E-state index in [-0.39, 0.29) is 5.91 Å². The Labute approximate surface area is 136 Å². The summed E-state index contributed by atoms with van der Waals surface area (Å²) in [7, 11) is 3.09. The molecule has 0 spiro atoms. The number of carbonyl (C=O) groups is 1. The Bertz CT molecular complexity index is 681. The second-order valence-electron chi connectivity index (χ2n) is 5.04. The molecule has 0 fully saturated rings. The second kappa shape index (κ2) is 7.98. The highest BCUT2D eigenvalue weighted by atomic mass is 16.6. The average Bonchev–Trinajstić information content (AvgIpc) is 2.58. The average molecular weight is 312 g/mol. The van der Waals surface area contributed by atoms with Crippen LogP contribution in [0.4, 0.5) is 5.69 Å². The van der Waals surface area contributed by atoms with Crippen molar-refractivity contribution in [3.8, 4) is 5.75 Å². The van der Waals surface area contributed by atoms with Crippen molar-refractivity contribution in [2.24, 2.45) is 5.16 Å². The molecule has 0 aliphatic carbocycles. The van der Waals surface area contributed by atoms with Gasteiger partial charge in [0.25, 0.3) is 5.91 Å². The molecule has 0 radical (unpaired) electrons. The van der Waals surface area contributed by atoms with Crippen LogP contribution in [0.5, 0.6) is 5.75 Å². The molecule has 1 amide bonds. The zero-order chi connectivity index (χ0) is 16.7. The molecule has 5 nitrogen and oxygen atoms in total.